The number of unbranched alkanes of at least 4 members (excludes halogenated alkanes) is 2. The van der Waals surface area contributed by atoms with Crippen LogP contribution in [0.5, 0.6) is 0 Å². The van der Waals surface area contributed by atoms with Gasteiger partial charge < -0.3 is 4.90 Å². The lowest BCUT2D eigenvalue weighted by atomic mass is 10.0. The molecule has 0 unspecified atom stereocenters. The number of hydrogen-bond donors (Lipinski definition) is 0. The van der Waals surface area contributed by atoms with Gasteiger partial charge in [0.25, 0.3) is 0 Å². The number of hydrogen-bond acceptors (Lipinski definition) is 2. The average Bonchev–Trinajstić information content (AvgIpc) is 2.47. The van der Waals surface area contributed by atoms with Gasteiger partial charge in [-0.05, 0) is 69.9 Å². The first kappa shape index (κ1) is 16.5. The molecular formula is C18H26ClNO. The van der Waals surface area contributed by atoms with E-state index in [1.165, 1.54) is 45.3 Å². The summed E-state index contributed by atoms with van der Waals surface area (Å²) in [5, 5.41) is 0.591. The Morgan fingerprint density at radius 1 is 1.14 bits per heavy atom. The van der Waals surface area contributed by atoms with Gasteiger partial charge in [-0.25, -0.2) is 0 Å². The quantitative estimate of drug-likeness (QED) is 0.528. The van der Waals surface area contributed by atoms with Gasteiger partial charge in [-0.2, -0.15) is 0 Å². The number of ketones is 1. The highest BCUT2D eigenvalue weighted by Gasteiger charge is 2.11. The minimum Gasteiger partial charge on any atom is -0.303 e. The van der Waals surface area contributed by atoms with Crippen LogP contribution in [-0.4, -0.2) is 30.3 Å². The van der Waals surface area contributed by atoms with E-state index in [0.717, 1.165) is 18.4 Å². The van der Waals surface area contributed by atoms with E-state index in [2.05, 4.69) is 4.90 Å². The second-order valence-corrected chi connectivity index (χ2v) is 6.53. The van der Waals surface area contributed by atoms with Crippen molar-refractivity contribution in [2.75, 3.05) is 19.6 Å². The molecule has 0 aromatic heterocycles. The van der Waals surface area contributed by atoms with E-state index in [1.807, 2.05) is 25.1 Å². The van der Waals surface area contributed by atoms with Crippen molar-refractivity contribution in [2.24, 2.45) is 0 Å². The summed E-state index contributed by atoms with van der Waals surface area (Å²) in [6.45, 7) is 5.70. The number of nitrogens with zero attached hydrogens (tertiary/aromatic N) is 1. The lowest BCUT2D eigenvalue weighted by Gasteiger charge is -2.26. The zero-order valence-electron chi connectivity index (χ0n) is 13.0. The molecule has 0 aliphatic carbocycles. The summed E-state index contributed by atoms with van der Waals surface area (Å²) < 4.78 is 0. The summed E-state index contributed by atoms with van der Waals surface area (Å²) in [6, 6.07) is 5.67. The lowest BCUT2D eigenvalue weighted by Crippen LogP contribution is -2.30. The van der Waals surface area contributed by atoms with Crippen molar-refractivity contribution < 1.29 is 4.79 Å². The predicted molar refractivity (Wildman–Crippen MR) is 89.3 cm³/mol. The molecule has 1 saturated heterocycles. The van der Waals surface area contributed by atoms with E-state index in [-0.39, 0.29) is 5.78 Å². The molecule has 0 amide bonds. The molecule has 0 atom stereocenters. The van der Waals surface area contributed by atoms with E-state index in [0.29, 0.717) is 17.0 Å². The second-order valence-electron chi connectivity index (χ2n) is 6.12. The maximum atomic E-state index is 12.1. The Morgan fingerprint density at radius 3 is 2.62 bits per heavy atom. The number of benzene rings is 1. The normalized spacial score (nSPS) is 16.1. The van der Waals surface area contributed by atoms with Crippen LogP contribution in [0.2, 0.25) is 5.02 Å². The third kappa shape index (κ3) is 5.44. The average molecular weight is 308 g/mol. The maximum absolute atomic E-state index is 12.1. The molecule has 0 saturated carbocycles. The smallest absolute Gasteiger partial charge is 0.164 e. The number of halogens is 1. The molecule has 0 bridgehead atoms. The molecule has 116 valence electrons. The first-order valence-corrected chi connectivity index (χ1v) is 8.56. The summed E-state index contributed by atoms with van der Waals surface area (Å²) in [6.07, 6.45) is 8.01. The second kappa shape index (κ2) is 8.55. The van der Waals surface area contributed by atoms with Crippen LogP contribution in [0.1, 0.15) is 60.9 Å². The van der Waals surface area contributed by atoms with Gasteiger partial charge in [-0.15, -0.1) is 0 Å². The van der Waals surface area contributed by atoms with Crippen molar-refractivity contribution in [2.45, 2.75) is 51.9 Å². The van der Waals surface area contributed by atoms with Gasteiger partial charge in [-0.3, -0.25) is 4.79 Å². The number of carbonyl (C=O) groups excluding carboxylic acids is 1. The number of Topliss-reactive ketones (excluding diaryl/α,β-unsaturated/α-hetero) is 1. The zero-order chi connectivity index (χ0) is 15.1. The van der Waals surface area contributed by atoms with Crippen molar-refractivity contribution in [3.8, 4) is 0 Å². The third-order valence-corrected chi connectivity index (χ3v) is 4.56. The van der Waals surface area contributed by atoms with Crippen LogP contribution < -0.4 is 0 Å². The van der Waals surface area contributed by atoms with Gasteiger partial charge in [0.05, 0.1) is 5.02 Å². The van der Waals surface area contributed by atoms with Crippen LogP contribution in [0.15, 0.2) is 18.2 Å². The number of likely N-dealkylation sites (tertiary alicyclic amines) is 1. The first-order chi connectivity index (χ1) is 10.2. The Bertz CT molecular complexity index is 466. The lowest BCUT2D eigenvalue weighted by molar-refractivity contribution is 0.0978. The Kier molecular flexibility index (Phi) is 6.72. The molecule has 1 aromatic rings. The van der Waals surface area contributed by atoms with Crippen LogP contribution >= 0.6 is 11.6 Å². The summed E-state index contributed by atoms with van der Waals surface area (Å²) >= 11 is 6.14. The highest BCUT2D eigenvalue weighted by molar-refractivity contribution is 6.34. The molecule has 21 heavy (non-hydrogen) atoms. The molecule has 1 fully saturated rings. The van der Waals surface area contributed by atoms with Crippen LogP contribution in [-0.2, 0) is 0 Å². The number of rotatable bonds is 7. The Labute approximate surface area is 133 Å². The molecule has 0 N–H and O–H groups in total. The molecular weight excluding hydrogens is 282 g/mol. The largest absolute Gasteiger partial charge is 0.303 e. The summed E-state index contributed by atoms with van der Waals surface area (Å²) in [5.74, 6) is 0.179. The van der Waals surface area contributed by atoms with E-state index < -0.39 is 0 Å². The summed E-state index contributed by atoms with van der Waals surface area (Å²) in [5.41, 5.74) is 1.77. The standard InChI is InChI=1S/C18H26ClNO/c1-15-9-10-16(17(19)14-15)18(21)8-4-2-5-11-20-12-6-3-7-13-20/h9-10,14H,2-8,11-13H2,1H3. The fourth-order valence-corrected chi connectivity index (χ4v) is 3.30. The Morgan fingerprint density at radius 2 is 1.90 bits per heavy atom. The molecule has 0 radical (unpaired) electrons. The molecule has 2 rings (SSSR count). The molecule has 1 aromatic carbocycles. The predicted octanol–water partition coefficient (Wildman–Crippen LogP) is 4.88. The zero-order valence-corrected chi connectivity index (χ0v) is 13.8. The number of aryl methyl sites for hydroxylation is 1. The van der Waals surface area contributed by atoms with Crippen molar-refractivity contribution >= 4 is 17.4 Å². The van der Waals surface area contributed by atoms with Gasteiger partial charge in [-0.1, -0.05) is 30.5 Å². The SMILES string of the molecule is Cc1ccc(C(=O)CCCCCN2CCCCC2)c(Cl)c1. The van der Waals surface area contributed by atoms with Crippen LogP contribution in [0.25, 0.3) is 0 Å². The van der Waals surface area contributed by atoms with Gasteiger partial charge in [0, 0.05) is 12.0 Å². The highest BCUT2D eigenvalue weighted by Crippen LogP contribution is 2.20. The molecule has 1 heterocycles. The van der Waals surface area contributed by atoms with Gasteiger partial charge in [0.2, 0.25) is 0 Å². The number of piperidine rings is 1. The number of carbonyl (C=O) groups is 1. The van der Waals surface area contributed by atoms with E-state index >= 15 is 0 Å². The van der Waals surface area contributed by atoms with E-state index in [1.54, 1.807) is 0 Å². The van der Waals surface area contributed by atoms with Crippen molar-refractivity contribution in [3.63, 3.8) is 0 Å². The van der Waals surface area contributed by atoms with Crippen molar-refractivity contribution in [1.82, 2.24) is 4.90 Å². The Balaban J connectivity index is 1.64. The molecule has 0 spiro atoms. The van der Waals surface area contributed by atoms with Crippen LogP contribution in [0, 0.1) is 6.92 Å². The van der Waals surface area contributed by atoms with Gasteiger partial charge in [0.15, 0.2) is 5.78 Å². The molecule has 1 aliphatic rings. The molecule has 2 nitrogen and oxygen atoms in total. The van der Waals surface area contributed by atoms with Crippen LogP contribution in [0.4, 0.5) is 0 Å². The van der Waals surface area contributed by atoms with E-state index in [4.69, 9.17) is 11.6 Å². The van der Waals surface area contributed by atoms with E-state index in [9.17, 15) is 4.79 Å². The fraction of sp³-hybridized carbons (Fsp3) is 0.611. The maximum Gasteiger partial charge on any atom is 0.164 e. The third-order valence-electron chi connectivity index (χ3n) is 4.25. The Hall–Kier alpha value is -0.860. The van der Waals surface area contributed by atoms with Crippen molar-refractivity contribution in [3.05, 3.63) is 34.3 Å². The first-order valence-electron chi connectivity index (χ1n) is 8.18. The molecule has 3 heteroatoms. The summed E-state index contributed by atoms with van der Waals surface area (Å²) in [4.78, 5) is 14.7. The van der Waals surface area contributed by atoms with Crippen molar-refractivity contribution in [1.29, 1.82) is 0 Å². The minimum atomic E-state index is 0.179. The van der Waals surface area contributed by atoms with Crippen LogP contribution in [0.3, 0.4) is 0 Å². The fourth-order valence-electron chi connectivity index (χ4n) is 2.96. The van der Waals surface area contributed by atoms with Gasteiger partial charge in [0.1, 0.15) is 0 Å². The minimum absolute atomic E-state index is 0.179. The molecule has 1 aliphatic heterocycles. The summed E-state index contributed by atoms with van der Waals surface area (Å²) in [7, 11) is 0. The van der Waals surface area contributed by atoms with Gasteiger partial charge >= 0.3 is 0 Å². The topological polar surface area (TPSA) is 20.3 Å². The highest BCUT2D eigenvalue weighted by atomic mass is 35.5. The monoisotopic (exact) mass is 307 g/mol.